The van der Waals surface area contributed by atoms with Crippen molar-refractivity contribution in [2.24, 2.45) is 5.92 Å². The van der Waals surface area contributed by atoms with Gasteiger partial charge in [-0.05, 0) is 17.9 Å². The first kappa shape index (κ1) is 19.0. The van der Waals surface area contributed by atoms with Crippen LogP contribution in [-0.4, -0.2) is 24.5 Å². The predicted molar refractivity (Wildman–Crippen MR) is 93.6 cm³/mol. The number of imide groups is 1. The Balaban J connectivity index is 1.56. The maximum Gasteiger partial charge on any atom is 0.321 e. The van der Waals surface area contributed by atoms with Crippen LogP contribution in [0.3, 0.4) is 0 Å². The molecule has 2 N–H and O–H groups in total. The number of nitrogens with one attached hydrogen (secondary N) is 2. The lowest BCUT2D eigenvalue weighted by atomic mass is 9.86. The molecule has 0 aromatic heterocycles. The van der Waals surface area contributed by atoms with Gasteiger partial charge in [-0.3, -0.25) is 14.9 Å². The molecular formula is C19H26N2O4. The molecule has 6 nitrogen and oxygen atoms in total. The summed E-state index contributed by atoms with van der Waals surface area (Å²) in [4.78, 5) is 34.9. The van der Waals surface area contributed by atoms with E-state index in [0.717, 1.165) is 12.0 Å². The molecule has 136 valence electrons. The van der Waals surface area contributed by atoms with Gasteiger partial charge >= 0.3 is 12.0 Å². The predicted octanol–water partition coefficient (Wildman–Crippen LogP) is 2.92. The molecule has 1 aromatic carbocycles. The Morgan fingerprint density at radius 3 is 2.48 bits per heavy atom. The molecule has 0 atom stereocenters. The van der Waals surface area contributed by atoms with Gasteiger partial charge in [-0.2, -0.15) is 0 Å². The zero-order chi connectivity index (χ0) is 17.9. The monoisotopic (exact) mass is 346 g/mol. The summed E-state index contributed by atoms with van der Waals surface area (Å²) in [5, 5.41) is 4.72. The van der Waals surface area contributed by atoms with E-state index in [-0.39, 0.29) is 5.97 Å². The molecule has 1 fully saturated rings. The molecule has 2 rings (SSSR count). The van der Waals surface area contributed by atoms with Crippen LogP contribution in [0.5, 0.6) is 0 Å². The van der Waals surface area contributed by atoms with E-state index in [1.807, 2.05) is 30.3 Å². The summed E-state index contributed by atoms with van der Waals surface area (Å²) in [5.74, 6) is -0.416. The Labute approximate surface area is 148 Å². The van der Waals surface area contributed by atoms with Gasteiger partial charge < -0.3 is 10.1 Å². The van der Waals surface area contributed by atoms with Gasteiger partial charge in [0, 0.05) is 13.0 Å². The quantitative estimate of drug-likeness (QED) is 0.744. The Morgan fingerprint density at radius 1 is 1.04 bits per heavy atom. The van der Waals surface area contributed by atoms with E-state index in [1.165, 1.54) is 32.1 Å². The molecule has 0 aliphatic heterocycles. The second kappa shape index (κ2) is 10.5. The molecule has 1 aliphatic carbocycles. The maximum absolute atomic E-state index is 11.7. The summed E-state index contributed by atoms with van der Waals surface area (Å²) in [6.07, 6.45) is 7.26. The second-order valence-corrected chi connectivity index (χ2v) is 6.42. The number of carbonyl (C=O) groups is 3. The summed E-state index contributed by atoms with van der Waals surface area (Å²) in [6, 6.07) is 8.76. The van der Waals surface area contributed by atoms with Gasteiger partial charge in [0.25, 0.3) is 5.91 Å². The highest BCUT2D eigenvalue weighted by Crippen LogP contribution is 2.27. The number of benzene rings is 1. The fourth-order valence-corrected chi connectivity index (χ4v) is 3.00. The first-order valence-corrected chi connectivity index (χ1v) is 8.90. The number of carbonyl (C=O) groups excluding carboxylic acids is 3. The van der Waals surface area contributed by atoms with Crippen LogP contribution in [0.15, 0.2) is 30.3 Å². The maximum atomic E-state index is 11.7. The smallest absolute Gasteiger partial charge is 0.321 e. The van der Waals surface area contributed by atoms with E-state index in [2.05, 4.69) is 10.6 Å². The third-order valence-corrected chi connectivity index (χ3v) is 4.39. The number of hydrogen-bond donors (Lipinski definition) is 2. The molecule has 0 unspecified atom stereocenters. The summed E-state index contributed by atoms with van der Waals surface area (Å²) >= 11 is 0. The number of hydrogen-bond acceptors (Lipinski definition) is 4. The highest BCUT2D eigenvalue weighted by Gasteiger charge is 2.16. The first-order chi connectivity index (χ1) is 12.1. The van der Waals surface area contributed by atoms with Gasteiger partial charge in [0.15, 0.2) is 6.61 Å². The summed E-state index contributed by atoms with van der Waals surface area (Å²) in [7, 11) is 0. The summed E-state index contributed by atoms with van der Waals surface area (Å²) in [6.45, 7) is -0.108. The molecule has 0 saturated heterocycles. The normalized spacial score (nSPS) is 14.6. The van der Waals surface area contributed by atoms with Crippen molar-refractivity contribution in [3.05, 3.63) is 35.9 Å². The fourth-order valence-electron chi connectivity index (χ4n) is 3.00. The number of urea groups is 1. The SMILES string of the molecule is O=C(COC(=O)CCC1CCCCC1)NC(=O)NCc1ccccc1. The van der Waals surface area contributed by atoms with Crippen molar-refractivity contribution in [2.45, 2.75) is 51.5 Å². The van der Waals surface area contributed by atoms with Crippen LogP contribution in [-0.2, 0) is 20.9 Å². The Bertz CT molecular complexity index is 568. The topological polar surface area (TPSA) is 84.5 Å². The summed E-state index contributed by atoms with van der Waals surface area (Å²) in [5.41, 5.74) is 0.930. The minimum atomic E-state index is -0.628. The van der Waals surface area contributed by atoms with Gasteiger partial charge in [0.1, 0.15) is 0 Å². The molecule has 0 heterocycles. The minimum absolute atomic E-state index is 0.321. The fraction of sp³-hybridized carbons (Fsp3) is 0.526. The Morgan fingerprint density at radius 2 is 1.76 bits per heavy atom. The Kier molecular flexibility index (Phi) is 7.95. The molecule has 1 aromatic rings. The average Bonchev–Trinajstić information content (AvgIpc) is 2.65. The summed E-state index contributed by atoms with van der Waals surface area (Å²) < 4.78 is 4.93. The molecule has 1 aliphatic rings. The van der Waals surface area contributed by atoms with Crippen LogP contribution in [0.4, 0.5) is 4.79 Å². The number of amides is 3. The van der Waals surface area contributed by atoms with E-state index in [9.17, 15) is 14.4 Å². The van der Waals surface area contributed by atoms with E-state index >= 15 is 0 Å². The molecule has 0 bridgehead atoms. The molecule has 1 saturated carbocycles. The van der Waals surface area contributed by atoms with E-state index < -0.39 is 18.5 Å². The van der Waals surface area contributed by atoms with Crippen molar-refractivity contribution in [2.75, 3.05) is 6.61 Å². The minimum Gasteiger partial charge on any atom is -0.456 e. The van der Waals surface area contributed by atoms with Crippen molar-refractivity contribution in [3.8, 4) is 0 Å². The lowest BCUT2D eigenvalue weighted by Crippen LogP contribution is -2.41. The zero-order valence-corrected chi connectivity index (χ0v) is 14.5. The zero-order valence-electron chi connectivity index (χ0n) is 14.5. The standard InChI is InChI=1S/C19H26N2O4/c22-17(21-19(24)20-13-16-9-5-2-6-10-16)14-25-18(23)12-11-15-7-3-1-4-8-15/h2,5-6,9-10,15H,1,3-4,7-8,11-14H2,(H2,20,21,22,24). The largest absolute Gasteiger partial charge is 0.456 e. The molecule has 25 heavy (non-hydrogen) atoms. The van der Waals surface area contributed by atoms with Crippen molar-refractivity contribution in [3.63, 3.8) is 0 Å². The molecular weight excluding hydrogens is 320 g/mol. The van der Waals surface area contributed by atoms with Gasteiger partial charge in [0.2, 0.25) is 0 Å². The highest BCUT2D eigenvalue weighted by molar-refractivity contribution is 5.95. The van der Waals surface area contributed by atoms with Gasteiger partial charge in [0.05, 0.1) is 0 Å². The molecule has 0 radical (unpaired) electrons. The van der Waals surface area contributed by atoms with Crippen LogP contribution < -0.4 is 10.6 Å². The lowest BCUT2D eigenvalue weighted by Gasteiger charge is -2.20. The van der Waals surface area contributed by atoms with Gasteiger partial charge in [-0.25, -0.2) is 4.79 Å². The number of rotatable bonds is 7. The van der Waals surface area contributed by atoms with E-state index in [4.69, 9.17) is 4.74 Å². The third kappa shape index (κ3) is 7.83. The van der Waals surface area contributed by atoms with Gasteiger partial charge in [-0.1, -0.05) is 62.4 Å². The van der Waals surface area contributed by atoms with Crippen LogP contribution in [0.1, 0.15) is 50.5 Å². The molecule has 0 spiro atoms. The number of esters is 1. The van der Waals surface area contributed by atoms with Crippen LogP contribution in [0.2, 0.25) is 0 Å². The van der Waals surface area contributed by atoms with Crippen LogP contribution >= 0.6 is 0 Å². The van der Waals surface area contributed by atoms with Crippen molar-refractivity contribution in [1.29, 1.82) is 0 Å². The van der Waals surface area contributed by atoms with E-state index in [0.29, 0.717) is 18.9 Å². The lowest BCUT2D eigenvalue weighted by molar-refractivity contribution is -0.148. The van der Waals surface area contributed by atoms with Crippen molar-refractivity contribution in [1.82, 2.24) is 10.6 Å². The van der Waals surface area contributed by atoms with Crippen LogP contribution in [0, 0.1) is 5.92 Å². The molecule has 3 amide bonds. The average molecular weight is 346 g/mol. The third-order valence-electron chi connectivity index (χ3n) is 4.39. The van der Waals surface area contributed by atoms with Crippen molar-refractivity contribution >= 4 is 17.9 Å². The molecule has 6 heteroatoms. The number of ether oxygens (including phenoxy) is 1. The highest BCUT2D eigenvalue weighted by atomic mass is 16.5. The van der Waals surface area contributed by atoms with Crippen LogP contribution in [0.25, 0.3) is 0 Å². The van der Waals surface area contributed by atoms with Gasteiger partial charge in [-0.15, -0.1) is 0 Å². The first-order valence-electron chi connectivity index (χ1n) is 8.90. The van der Waals surface area contributed by atoms with E-state index in [1.54, 1.807) is 0 Å². The van der Waals surface area contributed by atoms with Crippen molar-refractivity contribution < 1.29 is 19.1 Å². The Hall–Kier alpha value is -2.37. The second-order valence-electron chi connectivity index (χ2n) is 6.42.